The van der Waals surface area contributed by atoms with Gasteiger partial charge in [-0.1, -0.05) is 60.7 Å². The maximum absolute atomic E-state index is 13.1. The van der Waals surface area contributed by atoms with E-state index in [0.717, 1.165) is 17.5 Å². The van der Waals surface area contributed by atoms with Gasteiger partial charge in [-0.3, -0.25) is 14.4 Å². The molecule has 0 saturated carbocycles. The summed E-state index contributed by atoms with van der Waals surface area (Å²) in [5.74, 6) is -0.296. The molecule has 0 aromatic heterocycles. The van der Waals surface area contributed by atoms with Gasteiger partial charge in [-0.15, -0.1) is 0 Å². The molecule has 3 aromatic rings. The molecule has 3 aromatic carbocycles. The van der Waals surface area contributed by atoms with Gasteiger partial charge in [0.15, 0.2) is 12.4 Å². The predicted octanol–water partition coefficient (Wildman–Crippen LogP) is 4.50. The van der Waals surface area contributed by atoms with Gasteiger partial charge in [0.2, 0.25) is 5.91 Å². The number of amides is 2. The Morgan fingerprint density at radius 2 is 1.48 bits per heavy atom. The lowest BCUT2D eigenvalue weighted by atomic mass is 10.1. The van der Waals surface area contributed by atoms with Crippen molar-refractivity contribution in [1.82, 2.24) is 4.90 Å². The van der Waals surface area contributed by atoms with E-state index in [4.69, 9.17) is 4.74 Å². The van der Waals surface area contributed by atoms with Crippen molar-refractivity contribution in [2.24, 2.45) is 0 Å². The van der Waals surface area contributed by atoms with E-state index in [0.29, 0.717) is 24.3 Å². The molecule has 0 unspecified atom stereocenters. The van der Waals surface area contributed by atoms with E-state index in [1.54, 1.807) is 23.1 Å². The van der Waals surface area contributed by atoms with Crippen molar-refractivity contribution in [1.29, 1.82) is 0 Å². The number of hydrogen-bond donors (Lipinski definition) is 1. The van der Waals surface area contributed by atoms with Crippen molar-refractivity contribution in [2.75, 3.05) is 18.5 Å². The van der Waals surface area contributed by atoms with Crippen LogP contribution in [0.4, 0.5) is 5.69 Å². The number of ether oxygens (including phenoxy) is 1. The first kappa shape index (κ1) is 23.7. The average molecular weight is 445 g/mol. The third-order valence-electron chi connectivity index (χ3n) is 5.13. The molecule has 0 aliphatic carbocycles. The molecular weight excluding hydrogens is 416 g/mol. The number of nitrogens with one attached hydrogen (secondary N) is 1. The number of ketones is 1. The Morgan fingerprint density at radius 3 is 2.09 bits per heavy atom. The fraction of sp³-hybridized carbons (Fsp3) is 0.222. The first-order valence-corrected chi connectivity index (χ1v) is 10.8. The zero-order valence-electron chi connectivity index (χ0n) is 18.9. The molecule has 33 heavy (non-hydrogen) atoms. The Balaban J connectivity index is 1.74. The quantitative estimate of drug-likeness (QED) is 0.467. The van der Waals surface area contributed by atoms with Crippen molar-refractivity contribution in [2.45, 2.75) is 26.8 Å². The van der Waals surface area contributed by atoms with Crippen LogP contribution >= 0.6 is 0 Å². The van der Waals surface area contributed by atoms with Gasteiger partial charge < -0.3 is 15.0 Å². The molecule has 0 atom stereocenters. The van der Waals surface area contributed by atoms with E-state index in [2.05, 4.69) is 5.32 Å². The van der Waals surface area contributed by atoms with Crippen LogP contribution in [0.5, 0.6) is 5.75 Å². The Bertz CT molecular complexity index is 1100. The number of Topliss-reactive ketones (excluding diaryl/α,β-unsaturated/α-hetero) is 1. The van der Waals surface area contributed by atoms with Crippen molar-refractivity contribution >= 4 is 23.3 Å². The first-order chi connectivity index (χ1) is 15.9. The Labute approximate surface area is 194 Å². The van der Waals surface area contributed by atoms with Crippen LogP contribution in [0.15, 0.2) is 78.9 Å². The van der Waals surface area contributed by atoms with Crippen LogP contribution in [0.1, 0.15) is 35.3 Å². The van der Waals surface area contributed by atoms with E-state index in [1.165, 1.54) is 13.8 Å². The molecule has 0 heterocycles. The molecule has 6 heteroatoms. The third kappa shape index (κ3) is 7.31. The maximum Gasteiger partial charge on any atom is 0.260 e. The van der Waals surface area contributed by atoms with Crippen molar-refractivity contribution in [3.63, 3.8) is 0 Å². The highest BCUT2D eigenvalue weighted by Crippen LogP contribution is 2.26. The van der Waals surface area contributed by atoms with Gasteiger partial charge in [0, 0.05) is 25.6 Å². The highest BCUT2D eigenvalue weighted by atomic mass is 16.5. The molecule has 1 N–H and O–H groups in total. The number of rotatable bonds is 10. The van der Waals surface area contributed by atoms with Gasteiger partial charge in [-0.25, -0.2) is 0 Å². The lowest BCUT2D eigenvalue weighted by Gasteiger charge is -2.23. The van der Waals surface area contributed by atoms with E-state index in [1.807, 2.05) is 60.7 Å². The van der Waals surface area contributed by atoms with Crippen LogP contribution < -0.4 is 10.1 Å². The highest BCUT2D eigenvalue weighted by molar-refractivity contribution is 5.96. The van der Waals surface area contributed by atoms with E-state index >= 15 is 0 Å². The summed E-state index contributed by atoms with van der Waals surface area (Å²) in [6.45, 7) is 3.62. The second-order valence-electron chi connectivity index (χ2n) is 7.77. The zero-order valence-corrected chi connectivity index (χ0v) is 18.9. The van der Waals surface area contributed by atoms with Crippen LogP contribution in [0.3, 0.4) is 0 Å². The number of carbonyl (C=O) groups is 3. The normalized spacial score (nSPS) is 10.4. The van der Waals surface area contributed by atoms with Gasteiger partial charge in [0.25, 0.3) is 5.91 Å². The average Bonchev–Trinajstić information content (AvgIpc) is 2.81. The van der Waals surface area contributed by atoms with E-state index < -0.39 is 0 Å². The minimum absolute atomic E-state index is 0.130. The third-order valence-corrected chi connectivity index (χ3v) is 5.13. The van der Waals surface area contributed by atoms with Gasteiger partial charge in [0.1, 0.15) is 5.75 Å². The smallest absolute Gasteiger partial charge is 0.260 e. The Morgan fingerprint density at radius 1 is 0.848 bits per heavy atom. The number of nitrogens with zero attached hydrogens (tertiary/aromatic N) is 1. The number of carbonyl (C=O) groups excluding carboxylic acids is 3. The van der Waals surface area contributed by atoms with Gasteiger partial charge in [-0.2, -0.15) is 0 Å². The fourth-order valence-electron chi connectivity index (χ4n) is 3.39. The summed E-state index contributed by atoms with van der Waals surface area (Å²) in [5, 5.41) is 2.68. The molecule has 0 fully saturated rings. The van der Waals surface area contributed by atoms with Gasteiger partial charge >= 0.3 is 0 Å². The summed E-state index contributed by atoms with van der Waals surface area (Å²) in [6, 6.07) is 24.6. The molecule has 0 saturated heterocycles. The lowest BCUT2D eigenvalue weighted by molar-refractivity contribution is -0.134. The lowest BCUT2D eigenvalue weighted by Crippen LogP contribution is -2.36. The molecule has 170 valence electrons. The van der Waals surface area contributed by atoms with Crippen LogP contribution in [-0.2, 0) is 22.6 Å². The van der Waals surface area contributed by atoms with E-state index in [9.17, 15) is 14.4 Å². The molecule has 0 aliphatic rings. The largest absolute Gasteiger partial charge is 0.482 e. The minimum atomic E-state index is -0.268. The predicted molar refractivity (Wildman–Crippen MR) is 128 cm³/mol. The molecule has 0 radical (unpaired) electrons. The number of benzene rings is 3. The summed E-state index contributed by atoms with van der Waals surface area (Å²) in [5.41, 5.74) is 3.03. The van der Waals surface area contributed by atoms with Crippen LogP contribution in [0.25, 0.3) is 0 Å². The Kier molecular flexibility index (Phi) is 8.36. The topological polar surface area (TPSA) is 75.7 Å². The number of hydrogen-bond acceptors (Lipinski definition) is 4. The Hall–Kier alpha value is -3.93. The molecule has 6 nitrogen and oxygen atoms in total. The monoisotopic (exact) mass is 444 g/mol. The van der Waals surface area contributed by atoms with Crippen LogP contribution in [0.2, 0.25) is 0 Å². The van der Waals surface area contributed by atoms with Gasteiger partial charge in [-0.05, 0) is 42.7 Å². The van der Waals surface area contributed by atoms with Crippen molar-refractivity contribution in [3.05, 3.63) is 95.6 Å². The maximum atomic E-state index is 13.1. The zero-order chi connectivity index (χ0) is 23.6. The SMILES string of the molecule is CC(=O)Nc1ccc(C(C)=O)cc1OCC(=O)N(CCc1ccccc1)Cc1ccccc1. The fourth-order valence-corrected chi connectivity index (χ4v) is 3.39. The second-order valence-corrected chi connectivity index (χ2v) is 7.77. The molecule has 0 aliphatic heterocycles. The van der Waals surface area contributed by atoms with Crippen LogP contribution in [0, 0.1) is 0 Å². The highest BCUT2D eigenvalue weighted by Gasteiger charge is 2.17. The standard InChI is InChI=1S/C27H28N2O4/c1-20(30)24-13-14-25(28-21(2)31)26(17-24)33-19-27(32)29(18-23-11-7-4-8-12-23)16-15-22-9-5-3-6-10-22/h3-14,17H,15-16,18-19H2,1-2H3,(H,28,31). The van der Waals surface area contributed by atoms with E-state index in [-0.39, 0.29) is 30.0 Å². The minimum Gasteiger partial charge on any atom is -0.482 e. The van der Waals surface area contributed by atoms with Crippen molar-refractivity contribution < 1.29 is 19.1 Å². The summed E-state index contributed by atoms with van der Waals surface area (Å²) in [6.07, 6.45) is 0.719. The van der Waals surface area contributed by atoms with Gasteiger partial charge in [0.05, 0.1) is 5.69 Å². The molecule has 0 bridgehead atoms. The first-order valence-electron chi connectivity index (χ1n) is 10.8. The molecule has 2 amide bonds. The molecule has 0 spiro atoms. The summed E-state index contributed by atoms with van der Waals surface area (Å²) >= 11 is 0. The second kappa shape index (κ2) is 11.6. The van der Waals surface area contributed by atoms with Crippen molar-refractivity contribution in [3.8, 4) is 5.75 Å². The molecular formula is C27H28N2O4. The summed E-state index contributed by atoms with van der Waals surface area (Å²) in [7, 11) is 0. The number of anilines is 1. The summed E-state index contributed by atoms with van der Waals surface area (Å²) < 4.78 is 5.80. The molecule has 3 rings (SSSR count). The summed E-state index contributed by atoms with van der Waals surface area (Å²) in [4.78, 5) is 38.2. The van der Waals surface area contributed by atoms with Crippen LogP contribution in [-0.4, -0.2) is 35.6 Å².